The van der Waals surface area contributed by atoms with Crippen LogP contribution in [-0.4, -0.2) is 63.5 Å². The Morgan fingerprint density at radius 3 is 2.56 bits per heavy atom. The summed E-state index contributed by atoms with van der Waals surface area (Å²) in [5.41, 5.74) is 0. The highest BCUT2D eigenvalue weighted by Gasteiger charge is 2.21. The highest BCUT2D eigenvalue weighted by atomic mass is 127. The number of aliphatic imine (C=N–C) groups is 1. The van der Waals surface area contributed by atoms with E-state index >= 15 is 0 Å². The van der Waals surface area contributed by atoms with Gasteiger partial charge in [0.1, 0.15) is 0 Å². The second-order valence-corrected chi connectivity index (χ2v) is 7.16. The number of nitrogens with one attached hydrogen (secondary N) is 1. The van der Waals surface area contributed by atoms with Crippen molar-refractivity contribution in [3.8, 4) is 0 Å². The minimum atomic E-state index is 0. The second-order valence-electron chi connectivity index (χ2n) is 7.16. The predicted octanol–water partition coefficient (Wildman–Crippen LogP) is 3.67. The molecule has 6 heteroatoms. The van der Waals surface area contributed by atoms with Gasteiger partial charge < -0.3 is 19.7 Å². The van der Waals surface area contributed by atoms with Gasteiger partial charge in [-0.15, -0.1) is 24.0 Å². The number of likely N-dealkylation sites (N-methyl/N-ethyl adjacent to an activating group) is 1. The summed E-state index contributed by atoms with van der Waals surface area (Å²) < 4.78 is 11.7. The van der Waals surface area contributed by atoms with Crippen LogP contribution in [0.4, 0.5) is 0 Å². The molecule has 0 saturated heterocycles. The number of hydrogen-bond donors (Lipinski definition) is 1. The molecule has 0 amide bonds. The Morgan fingerprint density at radius 1 is 1.12 bits per heavy atom. The molecule has 0 aliphatic heterocycles. The van der Waals surface area contributed by atoms with Crippen molar-refractivity contribution in [3.05, 3.63) is 0 Å². The lowest BCUT2D eigenvalue weighted by molar-refractivity contribution is 0.0281. The molecule has 0 unspecified atom stereocenters. The first-order valence-corrected chi connectivity index (χ1v) is 9.98. The van der Waals surface area contributed by atoms with Crippen molar-refractivity contribution in [2.45, 2.75) is 64.4 Å². The smallest absolute Gasteiger partial charge is 0.193 e. The summed E-state index contributed by atoms with van der Waals surface area (Å²) >= 11 is 0. The lowest BCUT2D eigenvalue weighted by atomic mass is 9.98. The molecular weight excluding hydrogens is 429 g/mol. The maximum atomic E-state index is 5.97. The fourth-order valence-corrected chi connectivity index (χ4v) is 3.04. The van der Waals surface area contributed by atoms with Gasteiger partial charge in [-0.1, -0.05) is 19.3 Å². The predicted molar refractivity (Wildman–Crippen MR) is 115 cm³/mol. The molecule has 2 saturated carbocycles. The van der Waals surface area contributed by atoms with Crippen LogP contribution in [0.1, 0.15) is 58.3 Å². The molecule has 2 aliphatic rings. The van der Waals surface area contributed by atoms with E-state index in [4.69, 9.17) is 14.5 Å². The molecule has 2 fully saturated rings. The molecule has 1 N–H and O–H groups in total. The Balaban J connectivity index is 0.00000312. The van der Waals surface area contributed by atoms with Crippen LogP contribution in [0.3, 0.4) is 0 Å². The summed E-state index contributed by atoms with van der Waals surface area (Å²) in [6, 6.07) is 0. The van der Waals surface area contributed by atoms with Gasteiger partial charge in [0.15, 0.2) is 5.96 Å². The molecule has 2 aliphatic carbocycles. The number of ether oxygens (including phenoxy) is 2. The molecule has 0 radical (unpaired) electrons. The van der Waals surface area contributed by atoms with Crippen LogP contribution in [-0.2, 0) is 9.47 Å². The number of hydrogen-bond acceptors (Lipinski definition) is 3. The zero-order chi connectivity index (χ0) is 17.0. The Kier molecular flexibility index (Phi) is 12.9. The van der Waals surface area contributed by atoms with E-state index in [1.54, 1.807) is 0 Å². The first-order valence-electron chi connectivity index (χ1n) is 9.98. The highest BCUT2D eigenvalue weighted by molar-refractivity contribution is 14.0. The van der Waals surface area contributed by atoms with E-state index in [1.165, 1.54) is 44.9 Å². The summed E-state index contributed by atoms with van der Waals surface area (Å²) in [5.74, 6) is 1.81. The van der Waals surface area contributed by atoms with Crippen LogP contribution in [0.2, 0.25) is 0 Å². The zero-order valence-electron chi connectivity index (χ0n) is 16.2. The van der Waals surface area contributed by atoms with E-state index in [2.05, 4.69) is 24.2 Å². The van der Waals surface area contributed by atoms with Gasteiger partial charge in [-0.25, -0.2) is 0 Å². The molecule has 25 heavy (non-hydrogen) atoms. The van der Waals surface area contributed by atoms with Gasteiger partial charge in [0.2, 0.25) is 0 Å². The van der Waals surface area contributed by atoms with E-state index in [0.29, 0.717) is 6.10 Å². The third-order valence-electron chi connectivity index (χ3n) is 4.79. The number of guanidine groups is 1. The van der Waals surface area contributed by atoms with Crippen molar-refractivity contribution in [2.75, 3.05) is 46.5 Å². The molecule has 0 aromatic rings. The molecule has 0 bridgehead atoms. The summed E-state index contributed by atoms with van der Waals surface area (Å²) in [4.78, 5) is 6.88. The van der Waals surface area contributed by atoms with Crippen molar-refractivity contribution < 1.29 is 9.47 Å². The van der Waals surface area contributed by atoms with Gasteiger partial charge in [0.25, 0.3) is 0 Å². The van der Waals surface area contributed by atoms with Crippen molar-refractivity contribution >= 4 is 29.9 Å². The van der Waals surface area contributed by atoms with Crippen molar-refractivity contribution in [1.82, 2.24) is 10.2 Å². The molecular formula is C19H38IN3O2. The standard InChI is InChI=1S/C19H37N3O2.HI/c1-3-20-19(22(2)13-15-23-16-17-10-11-17)21-12-7-14-24-18-8-5-4-6-9-18;/h17-18H,3-16H2,1-2H3,(H,20,21);1H. The lowest BCUT2D eigenvalue weighted by Crippen LogP contribution is -2.40. The third kappa shape index (κ3) is 10.6. The van der Waals surface area contributed by atoms with Crippen LogP contribution >= 0.6 is 24.0 Å². The largest absolute Gasteiger partial charge is 0.379 e. The van der Waals surface area contributed by atoms with Crippen LogP contribution in [0.5, 0.6) is 0 Å². The van der Waals surface area contributed by atoms with Gasteiger partial charge in [0.05, 0.1) is 12.7 Å². The Labute approximate surface area is 171 Å². The topological polar surface area (TPSA) is 46.1 Å². The van der Waals surface area contributed by atoms with Gasteiger partial charge in [-0.05, 0) is 44.9 Å². The van der Waals surface area contributed by atoms with Crippen LogP contribution in [0, 0.1) is 5.92 Å². The minimum absolute atomic E-state index is 0. The molecule has 0 heterocycles. The first-order chi connectivity index (χ1) is 11.8. The van der Waals surface area contributed by atoms with Crippen LogP contribution < -0.4 is 5.32 Å². The van der Waals surface area contributed by atoms with Gasteiger partial charge in [0, 0.05) is 39.9 Å². The Hall–Kier alpha value is -0.0800. The van der Waals surface area contributed by atoms with E-state index in [9.17, 15) is 0 Å². The fraction of sp³-hybridized carbons (Fsp3) is 0.947. The number of nitrogens with zero attached hydrogens (tertiary/aromatic N) is 2. The quantitative estimate of drug-likeness (QED) is 0.218. The first kappa shape index (κ1) is 23.0. The lowest BCUT2D eigenvalue weighted by Gasteiger charge is -2.23. The minimum Gasteiger partial charge on any atom is -0.379 e. The Bertz CT molecular complexity index is 359. The number of rotatable bonds is 11. The van der Waals surface area contributed by atoms with Crippen LogP contribution in [0.25, 0.3) is 0 Å². The van der Waals surface area contributed by atoms with Gasteiger partial charge in [-0.3, -0.25) is 4.99 Å². The maximum absolute atomic E-state index is 5.97. The average Bonchev–Trinajstić information content (AvgIpc) is 3.42. The normalized spacial score (nSPS) is 18.7. The molecule has 0 aromatic heterocycles. The molecule has 0 atom stereocenters. The Morgan fingerprint density at radius 2 is 1.88 bits per heavy atom. The van der Waals surface area contributed by atoms with E-state index < -0.39 is 0 Å². The molecule has 2 rings (SSSR count). The molecule has 0 spiro atoms. The number of halogens is 1. The fourth-order valence-electron chi connectivity index (χ4n) is 3.04. The van der Waals surface area contributed by atoms with Crippen LogP contribution in [0.15, 0.2) is 4.99 Å². The van der Waals surface area contributed by atoms with Crippen molar-refractivity contribution in [1.29, 1.82) is 0 Å². The summed E-state index contributed by atoms with van der Waals surface area (Å²) in [5, 5.41) is 3.36. The zero-order valence-corrected chi connectivity index (χ0v) is 18.5. The van der Waals surface area contributed by atoms with E-state index in [-0.39, 0.29) is 24.0 Å². The average molecular weight is 467 g/mol. The monoisotopic (exact) mass is 467 g/mol. The summed E-state index contributed by atoms with van der Waals surface area (Å²) in [6.45, 7) is 7.26. The third-order valence-corrected chi connectivity index (χ3v) is 4.79. The SMILES string of the molecule is CCNC(=NCCCOC1CCCCC1)N(C)CCOCC1CC1.I. The van der Waals surface area contributed by atoms with Gasteiger partial charge >= 0.3 is 0 Å². The van der Waals surface area contributed by atoms with Crippen molar-refractivity contribution in [3.63, 3.8) is 0 Å². The highest BCUT2D eigenvalue weighted by Crippen LogP contribution is 2.28. The van der Waals surface area contributed by atoms with Gasteiger partial charge in [-0.2, -0.15) is 0 Å². The maximum Gasteiger partial charge on any atom is 0.193 e. The van der Waals surface area contributed by atoms with Crippen molar-refractivity contribution in [2.24, 2.45) is 10.9 Å². The van der Waals surface area contributed by atoms with E-state index in [0.717, 1.165) is 57.8 Å². The summed E-state index contributed by atoms with van der Waals surface area (Å²) in [7, 11) is 2.08. The molecule has 0 aromatic carbocycles. The second kappa shape index (κ2) is 14.0. The molecule has 148 valence electrons. The summed E-state index contributed by atoms with van der Waals surface area (Å²) in [6.07, 6.45) is 10.7. The van der Waals surface area contributed by atoms with E-state index in [1.807, 2.05) is 0 Å². The molecule has 5 nitrogen and oxygen atoms in total.